The first-order valence-electron chi connectivity index (χ1n) is 9.25. The van der Waals surface area contributed by atoms with Crippen LogP contribution >= 0.6 is 11.3 Å². The summed E-state index contributed by atoms with van der Waals surface area (Å²) < 4.78 is 5.09. The van der Waals surface area contributed by atoms with Gasteiger partial charge in [-0.25, -0.2) is 4.79 Å². The van der Waals surface area contributed by atoms with E-state index in [-0.39, 0.29) is 30.4 Å². The predicted molar refractivity (Wildman–Crippen MR) is 116 cm³/mol. The molecule has 3 rings (SSSR count). The van der Waals surface area contributed by atoms with Gasteiger partial charge in [-0.15, -0.1) is 11.3 Å². The molecule has 7 heteroatoms. The summed E-state index contributed by atoms with van der Waals surface area (Å²) in [6.45, 7) is 5.05. The molecule has 2 N–H and O–H groups in total. The number of hydrogen-bond donors (Lipinski definition) is 2. The number of nitrogens with one attached hydrogen (secondary N) is 2. The molecule has 1 aromatic heterocycles. The molecule has 0 aliphatic carbocycles. The molecule has 0 radical (unpaired) electrons. The van der Waals surface area contributed by atoms with Crippen molar-refractivity contribution in [1.29, 1.82) is 0 Å². The Morgan fingerprint density at radius 1 is 1.07 bits per heavy atom. The van der Waals surface area contributed by atoms with Gasteiger partial charge in [0.15, 0.2) is 5.78 Å². The van der Waals surface area contributed by atoms with Gasteiger partial charge in [0.25, 0.3) is 0 Å². The number of ketones is 1. The molecule has 0 saturated heterocycles. The summed E-state index contributed by atoms with van der Waals surface area (Å²) in [4.78, 5) is 37.2. The van der Waals surface area contributed by atoms with E-state index < -0.39 is 5.97 Å². The highest BCUT2D eigenvalue weighted by Gasteiger charge is 2.25. The van der Waals surface area contributed by atoms with Gasteiger partial charge in [-0.3, -0.25) is 9.59 Å². The molecule has 6 nitrogen and oxygen atoms in total. The van der Waals surface area contributed by atoms with Crippen LogP contribution in [-0.2, 0) is 9.53 Å². The van der Waals surface area contributed by atoms with Crippen LogP contribution in [0.2, 0.25) is 0 Å². The Bertz CT molecular complexity index is 1080. The van der Waals surface area contributed by atoms with E-state index in [2.05, 4.69) is 10.6 Å². The molecule has 0 unspecified atom stereocenters. The fourth-order valence-electron chi connectivity index (χ4n) is 3.11. The standard InChI is InChI=1S/C22H22N2O4S/c1-4-28-22(27)19-13(2)20(14(3)25)29-21(19)24-18(26)12-23-17-11-7-9-15-8-5-6-10-16(15)17/h5-11,23H,4,12H2,1-3H3,(H,24,26). The number of carbonyl (C=O) groups excluding carboxylic acids is 3. The Kier molecular flexibility index (Phi) is 6.29. The van der Waals surface area contributed by atoms with Gasteiger partial charge in [-0.1, -0.05) is 36.4 Å². The summed E-state index contributed by atoms with van der Waals surface area (Å²) in [6.07, 6.45) is 0. The smallest absolute Gasteiger partial charge is 0.341 e. The van der Waals surface area contributed by atoms with Crippen molar-refractivity contribution < 1.29 is 19.1 Å². The minimum atomic E-state index is -0.550. The van der Waals surface area contributed by atoms with Crippen molar-refractivity contribution in [2.24, 2.45) is 0 Å². The second kappa shape index (κ2) is 8.87. The number of thiophene rings is 1. The van der Waals surface area contributed by atoms with Crippen LogP contribution in [0.25, 0.3) is 10.8 Å². The van der Waals surface area contributed by atoms with Gasteiger partial charge in [0.1, 0.15) is 5.00 Å². The molecule has 0 fully saturated rings. The Hall–Kier alpha value is -3.19. The molecule has 0 aliphatic rings. The molecule has 150 valence electrons. The van der Waals surface area contributed by atoms with Crippen LogP contribution in [-0.4, -0.2) is 30.8 Å². The highest BCUT2D eigenvalue weighted by atomic mass is 32.1. The van der Waals surface area contributed by atoms with Crippen molar-refractivity contribution in [3.8, 4) is 0 Å². The van der Waals surface area contributed by atoms with E-state index in [0.717, 1.165) is 27.8 Å². The summed E-state index contributed by atoms with van der Waals surface area (Å²) in [5.41, 5.74) is 1.61. The maximum Gasteiger partial charge on any atom is 0.341 e. The third kappa shape index (κ3) is 4.46. The van der Waals surface area contributed by atoms with E-state index in [4.69, 9.17) is 4.74 Å². The number of Topliss-reactive ketones (excluding diaryl/α,β-unsaturated/α-hetero) is 1. The van der Waals surface area contributed by atoms with Crippen LogP contribution < -0.4 is 10.6 Å². The summed E-state index contributed by atoms with van der Waals surface area (Å²) >= 11 is 1.09. The van der Waals surface area contributed by atoms with E-state index >= 15 is 0 Å². The van der Waals surface area contributed by atoms with Gasteiger partial charge in [0.2, 0.25) is 5.91 Å². The number of anilines is 2. The number of hydrogen-bond acceptors (Lipinski definition) is 6. The van der Waals surface area contributed by atoms with E-state index in [9.17, 15) is 14.4 Å². The number of esters is 1. The van der Waals surface area contributed by atoms with E-state index in [1.807, 2.05) is 42.5 Å². The van der Waals surface area contributed by atoms with Crippen molar-refractivity contribution in [1.82, 2.24) is 0 Å². The first kappa shape index (κ1) is 20.5. The molecular weight excluding hydrogens is 388 g/mol. The molecule has 1 heterocycles. The highest BCUT2D eigenvalue weighted by molar-refractivity contribution is 7.18. The first-order chi connectivity index (χ1) is 13.9. The van der Waals surface area contributed by atoms with Gasteiger partial charge in [-0.2, -0.15) is 0 Å². The quantitative estimate of drug-likeness (QED) is 0.438. The highest BCUT2D eigenvalue weighted by Crippen LogP contribution is 2.34. The number of carbonyl (C=O) groups is 3. The van der Waals surface area contributed by atoms with Gasteiger partial charge in [-0.05, 0) is 37.8 Å². The maximum absolute atomic E-state index is 12.5. The molecule has 1 amide bonds. The predicted octanol–water partition coefficient (Wildman–Crippen LogP) is 4.64. The second-order valence-electron chi connectivity index (χ2n) is 6.47. The van der Waals surface area contributed by atoms with Gasteiger partial charge in [0.05, 0.1) is 23.6 Å². The SMILES string of the molecule is CCOC(=O)c1c(NC(=O)CNc2cccc3ccccc23)sc(C(C)=O)c1C. The van der Waals surface area contributed by atoms with E-state index in [0.29, 0.717) is 15.4 Å². The summed E-state index contributed by atoms with van der Waals surface area (Å²) in [5, 5.41) is 8.30. The largest absolute Gasteiger partial charge is 0.462 e. The van der Waals surface area contributed by atoms with Gasteiger partial charge < -0.3 is 15.4 Å². The summed E-state index contributed by atoms with van der Waals surface area (Å²) in [7, 11) is 0. The van der Waals surface area contributed by atoms with Gasteiger partial charge in [0, 0.05) is 11.1 Å². The Labute approximate surface area is 172 Å². The molecule has 0 bridgehead atoms. The zero-order valence-corrected chi connectivity index (χ0v) is 17.3. The average molecular weight is 410 g/mol. The van der Waals surface area contributed by atoms with Crippen LogP contribution in [0, 0.1) is 6.92 Å². The molecule has 0 saturated carbocycles. The van der Waals surface area contributed by atoms with Crippen LogP contribution in [0.3, 0.4) is 0 Å². The third-order valence-electron chi connectivity index (χ3n) is 4.43. The van der Waals surface area contributed by atoms with Crippen molar-refractivity contribution in [2.75, 3.05) is 23.8 Å². The Morgan fingerprint density at radius 3 is 2.52 bits per heavy atom. The van der Waals surface area contributed by atoms with E-state index in [1.54, 1.807) is 13.8 Å². The molecule has 0 spiro atoms. The Balaban J connectivity index is 1.79. The number of ether oxygens (including phenoxy) is 1. The maximum atomic E-state index is 12.5. The molecular formula is C22H22N2O4S. The van der Waals surface area contributed by atoms with Crippen molar-refractivity contribution in [2.45, 2.75) is 20.8 Å². The monoisotopic (exact) mass is 410 g/mol. The lowest BCUT2D eigenvalue weighted by Crippen LogP contribution is -2.22. The third-order valence-corrected chi connectivity index (χ3v) is 5.74. The normalized spacial score (nSPS) is 10.6. The van der Waals surface area contributed by atoms with Crippen molar-refractivity contribution in [3.05, 3.63) is 58.5 Å². The van der Waals surface area contributed by atoms with Crippen LogP contribution in [0.15, 0.2) is 42.5 Å². The Morgan fingerprint density at radius 2 is 1.79 bits per heavy atom. The average Bonchev–Trinajstić information content (AvgIpc) is 3.02. The number of amides is 1. The fraction of sp³-hybridized carbons (Fsp3) is 0.227. The molecule has 3 aromatic rings. The van der Waals surface area contributed by atoms with Crippen LogP contribution in [0.1, 0.15) is 39.4 Å². The lowest BCUT2D eigenvalue weighted by atomic mass is 10.1. The van der Waals surface area contributed by atoms with Gasteiger partial charge >= 0.3 is 5.97 Å². The lowest BCUT2D eigenvalue weighted by Gasteiger charge is -2.10. The molecule has 2 aromatic carbocycles. The molecule has 29 heavy (non-hydrogen) atoms. The van der Waals surface area contributed by atoms with Crippen molar-refractivity contribution >= 4 is 50.5 Å². The molecule has 0 aliphatic heterocycles. The minimum absolute atomic E-state index is 0.0165. The first-order valence-corrected chi connectivity index (χ1v) is 10.1. The second-order valence-corrected chi connectivity index (χ2v) is 7.49. The zero-order chi connectivity index (χ0) is 21.0. The topological polar surface area (TPSA) is 84.5 Å². The zero-order valence-electron chi connectivity index (χ0n) is 16.5. The fourth-order valence-corrected chi connectivity index (χ4v) is 4.22. The summed E-state index contributed by atoms with van der Waals surface area (Å²) in [5.74, 6) is -1.03. The van der Waals surface area contributed by atoms with E-state index in [1.165, 1.54) is 6.92 Å². The van der Waals surface area contributed by atoms with Crippen LogP contribution in [0.4, 0.5) is 10.7 Å². The summed E-state index contributed by atoms with van der Waals surface area (Å²) in [6, 6.07) is 13.7. The number of fused-ring (bicyclic) bond motifs is 1. The minimum Gasteiger partial charge on any atom is -0.462 e. The van der Waals surface area contributed by atoms with Crippen molar-refractivity contribution in [3.63, 3.8) is 0 Å². The number of rotatable bonds is 7. The number of benzene rings is 2. The van der Waals surface area contributed by atoms with Crippen LogP contribution in [0.5, 0.6) is 0 Å². The lowest BCUT2D eigenvalue weighted by molar-refractivity contribution is -0.114. The molecule has 0 atom stereocenters.